The molecule has 1 aliphatic carbocycles. The third kappa shape index (κ3) is 1.60. The Hall–Kier alpha value is -1.45. The number of aryl methyl sites for hydroxylation is 1. The molecular weight excluding hydrogens is 180 g/mol. The Bertz CT molecular complexity index is 372. The van der Waals surface area contributed by atoms with Crippen molar-refractivity contribution in [3.63, 3.8) is 0 Å². The molecule has 74 valence electrons. The first kappa shape index (κ1) is 9.12. The molecule has 14 heavy (non-hydrogen) atoms. The highest BCUT2D eigenvalue weighted by Crippen LogP contribution is 2.37. The Labute approximate surface area is 82.0 Å². The fourth-order valence-electron chi connectivity index (χ4n) is 1.42. The average Bonchev–Trinajstić information content (AvgIpc) is 3.00. The van der Waals surface area contributed by atoms with E-state index in [0.29, 0.717) is 18.0 Å². The highest BCUT2D eigenvalue weighted by Gasteiger charge is 2.27. The van der Waals surface area contributed by atoms with Gasteiger partial charge in [-0.05, 0) is 19.3 Å². The highest BCUT2D eigenvalue weighted by molar-refractivity contribution is 5.88. The third-order valence-corrected chi connectivity index (χ3v) is 2.39. The second-order valence-electron chi connectivity index (χ2n) is 3.52. The number of carboxylic acids is 1. The predicted octanol–water partition coefficient (Wildman–Crippen LogP) is 1.61. The van der Waals surface area contributed by atoms with Gasteiger partial charge in [-0.25, -0.2) is 14.8 Å². The average molecular weight is 192 g/mol. The first-order valence-electron chi connectivity index (χ1n) is 4.81. The summed E-state index contributed by atoms with van der Waals surface area (Å²) in [7, 11) is 0. The Morgan fingerprint density at radius 3 is 2.86 bits per heavy atom. The lowest BCUT2D eigenvalue weighted by Crippen LogP contribution is -2.07. The molecule has 1 aromatic heterocycles. The van der Waals surface area contributed by atoms with Crippen molar-refractivity contribution in [1.29, 1.82) is 0 Å². The third-order valence-electron chi connectivity index (χ3n) is 2.39. The topological polar surface area (TPSA) is 63.1 Å². The van der Waals surface area contributed by atoms with Crippen LogP contribution in [0.4, 0.5) is 0 Å². The van der Waals surface area contributed by atoms with Crippen LogP contribution in [0.2, 0.25) is 0 Å². The van der Waals surface area contributed by atoms with Crippen LogP contribution < -0.4 is 0 Å². The van der Waals surface area contributed by atoms with Crippen molar-refractivity contribution in [2.75, 3.05) is 0 Å². The fraction of sp³-hybridized carbons (Fsp3) is 0.500. The molecule has 1 saturated carbocycles. The molecule has 0 saturated heterocycles. The van der Waals surface area contributed by atoms with E-state index in [4.69, 9.17) is 5.11 Å². The van der Waals surface area contributed by atoms with Gasteiger partial charge in [0.1, 0.15) is 5.82 Å². The van der Waals surface area contributed by atoms with Crippen LogP contribution in [0.25, 0.3) is 0 Å². The van der Waals surface area contributed by atoms with Crippen molar-refractivity contribution in [3.8, 4) is 0 Å². The lowest BCUT2D eigenvalue weighted by Gasteiger charge is -2.03. The van der Waals surface area contributed by atoms with Gasteiger partial charge in [0, 0.05) is 12.1 Å². The molecule has 1 heterocycles. The van der Waals surface area contributed by atoms with E-state index in [1.165, 1.54) is 6.20 Å². The second kappa shape index (κ2) is 3.36. The standard InChI is InChI=1S/C10H12N2O2/c1-2-8-7(10(13)14)5-11-9(12-8)6-3-4-6/h5-6H,2-4H2,1H3,(H,13,14). The number of aromatic nitrogens is 2. The van der Waals surface area contributed by atoms with Crippen LogP contribution in [0.3, 0.4) is 0 Å². The number of rotatable bonds is 3. The molecule has 1 N–H and O–H groups in total. The molecule has 1 aromatic rings. The molecule has 0 amide bonds. The van der Waals surface area contributed by atoms with Gasteiger partial charge < -0.3 is 5.11 Å². The maximum Gasteiger partial charge on any atom is 0.339 e. The lowest BCUT2D eigenvalue weighted by atomic mass is 10.2. The quantitative estimate of drug-likeness (QED) is 0.790. The molecule has 0 spiro atoms. The van der Waals surface area contributed by atoms with E-state index in [2.05, 4.69) is 9.97 Å². The van der Waals surface area contributed by atoms with E-state index >= 15 is 0 Å². The summed E-state index contributed by atoms with van der Waals surface area (Å²) in [6, 6.07) is 0. The van der Waals surface area contributed by atoms with Gasteiger partial charge in [-0.2, -0.15) is 0 Å². The molecule has 0 atom stereocenters. The zero-order valence-corrected chi connectivity index (χ0v) is 8.03. The van der Waals surface area contributed by atoms with Crippen LogP contribution in [0.1, 0.15) is 47.6 Å². The maximum absolute atomic E-state index is 10.8. The van der Waals surface area contributed by atoms with Crippen molar-refractivity contribution in [2.45, 2.75) is 32.1 Å². The lowest BCUT2D eigenvalue weighted by molar-refractivity contribution is 0.0694. The number of hydrogen-bond acceptors (Lipinski definition) is 3. The molecule has 0 unspecified atom stereocenters. The van der Waals surface area contributed by atoms with E-state index in [0.717, 1.165) is 18.7 Å². The summed E-state index contributed by atoms with van der Waals surface area (Å²) in [6.45, 7) is 1.91. The van der Waals surface area contributed by atoms with Gasteiger partial charge in [-0.1, -0.05) is 6.92 Å². The first-order chi connectivity index (χ1) is 6.72. The van der Waals surface area contributed by atoms with E-state index in [1.807, 2.05) is 6.92 Å². The van der Waals surface area contributed by atoms with Crippen molar-refractivity contribution < 1.29 is 9.90 Å². The van der Waals surface area contributed by atoms with E-state index in [9.17, 15) is 4.79 Å². The summed E-state index contributed by atoms with van der Waals surface area (Å²) in [6.07, 6.45) is 4.34. The summed E-state index contributed by atoms with van der Waals surface area (Å²) in [5, 5.41) is 8.86. The van der Waals surface area contributed by atoms with Crippen LogP contribution >= 0.6 is 0 Å². The summed E-state index contributed by atoms with van der Waals surface area (Å²) >= 11 is 0. The first-order valence-corrected chi connectivity index (χ1v) is 4.81. The van der Waals surface area contributed by atoms with Crippen LogP contribution in [0.5, 0.6) is 0 Å². The molecule has 0 aliphatic heterocycles. The van der Waals surface area contributed by atoms with Gasteiger partial charge in [0.25, 0.3) is 0 Å². The van der Waals surface area contributed by atoms with Crippen molar-refractivity contribution in [1.82, 2.24) is 9.97 Å². The molecule has 4 nitrogen and oxygen atoms in total. The van der Waals surface area contributed by atoms with Gasteiger partial charge in [0.2, 0.25) is 0 Å². The Morgan fingerprint density at radius 2 is 2.36 bits per heavy atom. The molecular formula is C10H12N2O2. The molecule has 0 bridgehead atoms. The van der Waals surface area contributed by atoms with Crippen molar-refractivity contribution in [3.05, 3.63) is 23.3 Å². The number of nitrogens with zero attached hydrogens (tertiary/aromatic N) is 2. The molecule has 2 rings (SSSR count). The zero-order valence-electron chi connectivity index (χ0n) is 8.03. The van der Waals surface area contributed by atoms with E-state index in [1.54, 1.807) is 0 Å². The summed E-state index contributed by atoms with van der Waals surface area (Å²) in [5.74, 6) is 0.346. The van der Waals surface area contributed by atoms with Crippen LogP contribution in [-0.2, 0) is 6.42 Å². The summed E-state index contributed by atoms with van der Waals surface area (Å²) in [5.41, 5.74) is 0.881. The monoisotopic (exact) mass is 192 g/mol. The Balaban J connectivity index is 2.38. The Morgan fingerprint density at radius 1 is 1.64 bits per heavy atom. The summed E-state index contributed by atoms with van der Waals surface area (Å²) < 4.78 is 0. The van der Waals surface area contributed by atoms with Gasteiger partial charge in [-0.15, -0.1) is 0 Å². The normalized spacial score (nSPS) is 15.5. The molecule has 1 aliphatic rings. The molecule has 0 radical (unpaired) electrons. The van der Waals surface area contributed by atoms with Crippen molar-refractivity contribution in [2.24, 2.45) is 0 Å². The smallest absolute Gasteiger partial charge is 0.339 e. The van der Waals surface area contributed by atoms with Crippen LogP contribution in [-0.4, -0.2) is 21.0 Å². The summed E-state index contributed by atoms with van der Waals surface area (Å²) in [4.78, 5) is 19.2. The highest BCUT2D eigenvalue weighted by atomic mass is 16.4. The largest absolute Gasteiger partial charge is 0.478 e. The van der Waals surface area contributed by atoms with Crippen molar-refractivity contribution >= 4 is 5.97 Å². The van der Waals surface area contributed by atoms with Gasteiger partial charge >= 0.3 is 5.97 Å². The molecule has 4 heteroatoms. The number of aromatic carboxylic acids is 1. The van der Waals surface area contributed by atoms with Gasteiger partial charge in [0.05, 0.1) is 11.3 Å². The van der Waals surface area contributed by atoms with Crippen LogP contribution in [0, 0.1) is 0 Å². The minimum Gasteiger partial charge on any atom is -0.478 e. The number of hydrogen-bond donors (Lipinski definition) is 1. The predicted molar refractivity (Wildman–Crippen MR) is 50.3 cm³/mol. The molecule has 0 aromatic carbocycles. The zero-order chi connectivity index (χ0) is 10.1. The van der Waals surface area contributed by atoms with E-state index in [-0.39, 0.29) is 5.56 Å². The van der Waals surface area contributed by atoms with Crippen LogP contribution in [0.15, 0.2) is 6.20 Å². The molecule has 1 fully saturated rings. The Kier molecular flexibility index (Phi) is 2.19. The van der Waals surface area contributed by atoms with E-state index < -0.39 is 5.97 Å². The number of carboxylic acid groups (broad SMARTS) is 1. The maximum atomic E-state index is 10.8. The minimum absolute atomic E-state index is 0.233. The van der Waals surface area contributed by atoms with Gasteiger partial charge in [-0.3, -0.25) is 0 Å². The minimum atomic E-state index is -0.941. The second-order valence-corrected chi connectivity index (χ2v) is 3.52. The number of carbonyl (C=O) groups is 1. The van der Waals surface area contributed by atoms with Gasteiger partial charge in [0.15, 0.2) is 0 Å². The SMILES string of the molecule is CCc1nc(C2CC2)ncc1C(=O)O. The fourth-order valence-corrected chi connectivity index (χ4v) is 1.42.